The summed E-state index contributed by atoms with van der Waals surface area (Å²) in [6.45, 7) is 13.0. The molecule has 0 saturated heterocycles. The third-order valence-electron chi connectivity index (χ3n) is 7.39. The zero-order chi connectivity index (χ0) is 27.5. The van der Waals surface area contributed by atoms with Gasteiger partial charge in [-0.15, -0.1) is 0 Å². The van der Waals surface area contributed by atoms with Crippen LogP contribution in [-0.2, 0) is 13.6 Å². The van der Waals surface area contributed by atoms with E-state index in [1.54, 1.807) is 0 Å². The fourth-order valence-corrected chi connectivity index (χ4v) is 6.83. The van der Waals surface area contributed by atoms with Gasteiger partial charge in [-0.2, -0.15) is 0 Å². The van der Waals surface area contributed by atoms with E-state index in [0.717, 1.165) is 37.8 Å². The lowest BCUT2D eigenvalue weighted by atomic mass is 9.95. The Morgan fingerprint density at radius 2 is 1.03 bits per heavy atom. The molecule has 2 atom stereocenters. The molecule has 2 unspecified atom stereocenters. The highest BCUT2D eigenvalue weighted by molar-refractivity contribution is 9.09. The first-order valence-electron chi connectivity index (χ1n) is 16.5. The Bertz CT molecular complexity index is 450. The minimum absolute atomic E-state index is 0.103. The van der Waals surface area contributed by atoms with Gasteiger partial charge in [0.2, 0.25) is 0 Å². The molecule has 5 heteroatoms. The van der Waals surface area contributed by atoms with E-state index in [-0.39, 0.29) is 6.29 Å². The number of ether oxygens (including phenoxy) is 1. The summed E-state index contributed by atoms with van der Waals surface area (Å²) in [5, 5.41) is 1.08. The maximum absolute atomic E-state index is 6.61. The van der Waals surface area contributed by atoms with E-state index in [4.69, 9.17) is 13.6 Å². The van der Waals surface area contributed by atoms with Crippen LogP contribution in [0.5, 0.6) is 0 Å². The molecule has 0 aromatic heterocycles. The average molecular weight is 608 g/mol. The minimum atomic E-state index is -2.24. The minimum Gasteiger partial charge on any atom is -0.394 e. The van der Waals surface area contributed by atoms with Crippen molar-refractivity contribution in [1.29, 1.82) is 0 Å². The van der Waals surface area contributed by atoms with E-state index in [2.05, 4.69) is 49.8 Å². The second kappa shape index (κ2) is 28.1. The largest absolute Gasteiger partial charge is 0.394 e. The Balaban J connectivity index is 4.64. The molecule has 224 valence electrons. The van der Waals surface area contributed by atoms with E-state index >= 15 is 0 Å². The van der Waals surface area contributed by atoms with Crippen molar-refractivity contribution in [2.75, 3.05) is 18.5 Å². The zero-order valence-electron chi connectivity index (χ0n) is 25.9. The second-order valence-corrected chi connectivity index (χ2v) is 15.8. The first kappa shape index (κ1) is 37.6. The van der Waals surface area contributed by atoms with Gasteiger partial charge in [0.25, 0.3) is 0 Å². The summed E-state index contributed by atoms with van der Waals surface area (Å²) < 4.78 is 19.5. The molecule has 0 bridgehead atoms. The van der Waals surface area contributed by atoms with E-state index < -0.39 is 8.56 Å². The van der Waals surface area contributed by atoms with Gasteiger partial charge < -0.3 is 13.6 Å². The van der Waals surface area contributed by atoms with Gasteiger partial charge in [-0.1, -0.05) is 139 Å². The summed E-state index contributed by atoms with van der Waals surface area (Å²) in [6, 6.07) is 0. The van der Waals surface area contributed by atoms with Gasteiger partial charge in [-0.3, -0.25) is 0 Å². The molecular weight excluding hydrogens is 540 g/mol. The van der Waals surface area contributed by atoms with Crippen molar-refractivity contribution in [1.82, 2.24) is 0 Å². The predicted molar refractivity (Wildman–Crippen MR) is 170 cm³/mol. The highest BCUT2D eigenvalue weighted by Gasteiger charge is 2.30. The lowest BCUT2D eigenvalue weighted by molar-refractivity contribution is -0.105. The number of hydrogen-bond acceptors (Lipinski definition) is 3. The van der Waals surface area contributed by atoms with Crippen LogP contribution >= 0.6 is 15.9 Å². The van der Waals surface area contributed by atoms with Gasteiger partial charge in [-0.05, 0) is 57.5 Å². The van der Waals surface area contributed by atoms with Crippen LogP contribution in [0.2, 0.25) is 13.1 Å². The Morgan fingerprint density at radius 3 is 1.59 bits per heavy atom. The van der Waals surface area contributed by atoms with Crippen molar-refractivity contribution in [3.8, 4) is 0 Å². The molecule has 0 aromatic carbocycles. The molecule has 37 heavy (non-hydrogen) atoms. The van der Waals surface area contributed by atoms with Crippen LogP contribution in [-0.4, -0.2) is 33.4 Å². The first-order valence-corrected chi connectivity index (χ1v) is 20.4. The standard InChI is InChI=1S/C32H67BrO3Si/c1-6-9-12-15-17-21-26-31(25-20-14-11-8-3)30-35-37(4,5)36-32(27-22-19-23-28-33)34-29-24-18-16-13-10-7-2/h31-32H,6-30H2,1-5H3. The quantitative estimate of drug-likeness (QED) is 0.0352. The van der Waals surface area contributed by atoms with Crippen LogP contribution in [0.4, 0.5) is 0 Å². The molecule has 0 aliphatic heterocycles. The summed E-state index contributed by atoms with van der Waals surface area (Å²) in [7, 11) is -2.24. The van der Waals surface area contributed by atoms with Crippen molar-refractivity contribution < 1.29 is 13.6 Å². The molecule has 0 fully saturated rings. The molecule has 0 radical (unpaired) electrons. The SMILES string of the molecule is CCCCCCCCOC(CCCCCBr)O[Si](C)(C)OCC(CCCCCC)CCCCCCCC. The maximum Gasteiger partial charge on any atom is 0.333 e. The second-order valence-electron chi connectivity index (χ2n) is 11.7. The van der Waals surface area contributed by atoms with E-state index in [9.17, 15) is 0 Å². The zero-order valence-corrected chi connectivity index (χ0v) is 28.5. The first-order chi connectivity index (χ1) is 18.0. The van der Waals surface area contributed by atoms with Gasteiger partial charge in [0.05, 0.1) is 0 Å². The Hall–Kier alpha value is 0.577. The van der Waals surface area contributed by atoms with Gasteiger partial charge >= 0.3 is 8.56 Å². The molecule has 0 heterocycles. The van der Waals surface area contributed by atoms with Crippen molar-refractivity contribution >= 4 is 24.5 Å². The molecule has 0 amide bonds. The van der Waals surface area contributed by atoms with E-state index in [1.807, 2.05) is 0 Å². The Morgan fingerprint density at radius 1 is 0.568 bits per heavy atom. The molecule has 0 rings (SSSR count). The molecule has 3 nitrogen and oxygen atoms in total. The molecule has 0 saturated carbocycles. The fourth-order valence-electron chi connectivity index (χ4n) is 4.91. The maximum atomic E-state index is 6.61. The smallest absolute Gasteiger partial charge is 0.333 e. The van der Waals surface area contributed by atoms with Crippen molar-refractivity contribution in [3.05, 3.63) is 0 Å². The Labute approximate surface area is 243 Å². The van der Waals surface area contributed by atoms with Crippen LogP contribution in [0.25, 0.3) is 0 Å². The van der Waals surface area contributed by atoms with Crippen LogP contribution in [0, 0.1) is 5.92 Å². The Kier molecular flexibility index (Phi) is 28.6. The molecule has 0 aliphatic carbocycles. The van der Waals surface area contributed by atoms with Gasteiger partial charge in [0.15, 0.2) is 0 Å². The third kappa shape index (κ3) is 26.6. The number of unbranched alkanes of at least 4 members (excludes halogenated alkanes) is 15. The van der Waals surface area contributed by atoms with E-state index in [1.165, 1.54) is 122 Å². The summed E-state index contributed by atoms with van der Waals surface area (Å²) in [6.07, 6.45) is 28.5. The molecule has 0 spiro atoms. The number of alkyl halides is 1. The number of rotatable bonds is 30. The van der Waals surface area contributed by atoms with Crippen molar-refractivity contribution in [2.24, 2.45) is 5.92 Å². The van der Waals surface area contributed by atoms with Gasteiger partial charge in [0, 0.05) is 18.5 Å². The summed E-state index contributed by atoms with van der Waals surface area (Å²) in [5.74, 6) is 0.680. The van der Waals surface area contributed by atoms with Crippen LogP contribution in [0.1, 0.15) is 162 Å². The third-order valence-corrected chi connectivity index (χ3v) is 9.64. The van der Waals surface area contributed by atoms with Crippen LogP contribution in [0.15, 0.2) is 0 Å². The molecule has 0 aliphatic rings. The summed E-state index contributed by atoms with van der Waals surface area (Å²) in [4.78, 5) is 0. The number of halogens is 1. The highest BCUT2D eigenvalue weighted by atomic mass is 79.9. The van der Waals surface area contributed by atoms with Gasteiger partial charge in [0.1, 0.15) is 6.29 Å². The lowest BCUT2D eigenvalue weighted by Crippen LogP contribution is -2.41. The van der Waals surface area contributed by atoms with Gasteiger partial charge in [-0.25, -0.2) is 0 Å². The fraction of sp³-hybridized carbons (Fsp3) is 1.00. The average Bonchev–Trinajstić information content (AvgIpc) is 2.88. The lowest BCUT2D eigenvalue weighted by Gasteiger charge is -2.31. The highest BCUT2D eigenvalue weighted by Crippen LogP contribution is 2.23. The van der Waals surface area contributed by atoms with Crippen LogP contribution in [0.3, 0.4) is 0 Å². The normalized spacial score (nSPS) is 13.8. The topological polar surface area (TPSA) is 27.7 Å². The molecular formula is C32H67BrO3Si. The molecule has 0 aromatic rings. The summed E-state index contributed by atoms with van der Waals surface area (Å²) >= 11 is 3.56. The molecule has 0 N–H and O–H groups in total. The number of hydrogen-bond donors (Lipinski definition) is 0. The summed E-state index contributed by atoms with van der Waals surface area (Å²) in [5.41, 5.74) is 0. The van der Waals surface area contributed by atoms with Crippen molar-refractivity contribution in [2.45, 2.75) is 181 Å². The van der Waals surface area contributed by atoms with E-state index in [0.29, 0.717) is 5.92 Å². The van der Waals surface area contributed by atoms with Crippen molar-refractivity contribution in [3.63, 3.8) is 0 Å². The van der Waals surface area contributed by atoms with Crippen LogP contribution < -0.4 is 0 Å². The monoisotopic (exact) mass is 606 g/mol. The predicted octanol–water partition coefficient (Wildman–Crippen LogP) is 11.7.